The minimum Gasteiger partial charge on any atom is -0.389 e. The Balaban J connectivity index is 2.30. The number of nitrogens with one attached hydrogen (secondary N) is 1. The van der Waals surface area contributed by atoms with E-state index in [0.717, 1.165) is 18.8 Å². The first-order valence-corrected chi connectivity index (χ1v) is 7.56. The maximum atomic E-state index is 12.0. The first-order chi connectivity index (χ1) is 8.81. The molecular weight excluding hydrogens is 240 g/mol. The van der Waals surface area contributed by atoms with Gasteiger partial charge in [0.15, 0.2) is 0 Å². The summed E-state index contributed by atoms with van der Waals surface area (Å²) in [6.07, 6.45) is 7.22. The van der Waals surface area contributed by atoms with Crippen molar-refractivity contribution in [2.45, 2.75) is 70.9 Å². The zero-order chi connectivity index (χ0) is 14.5. The number of carbonyl (C=O) groups excluding carboxylic acids is 1. The van der Waals surface area contributed by atoms with Gasteiger partial charge in [0.1, 0.15) is 0 Å². The number of aliphatic hydroxyl groups is 1. The van der Waals surface area contributed by atoms with Crippen LogP contribution in [0.2, 0.25) is 0 Å². The molecule has 0 aromatic carbocycles. The molecule has 2 N–H and O–H groups in total. The van der Waals surface area contributed by atoms with Crippen LogP contribution in [0.25, 0.3) is 0 Å². The fourth-order valence-electron chi connectivity index (χ4n) is 2.94. The van der Waals surface area contributed by atoms with Gasteiger partial charge in [-0.2, -0.15) is 0 Å². The SMILES string of the molecule is CCCC1CCC(NC(=O)N(C)CC(C)(C)O)CC1. The van der Waals surface area contributed by atoms with Crippen molar-refractivity contribution in [2.75, 3.05) is 13.6 Å². The number of carbonyl (C=O) groups is 1. The van der Waals surface area contributed by atoms with E-state index in [2.05, 4.69) is 12.2 Å². The zero-order valence-electron chi connectivity index (χ0n) is 12.9. The van der Waals surface area contributed by atoms with Gasteiger partial charge in [0.2, 0.25) is 0 Å². The van der Waals surface area contributed by atoms with Gasteiger partial charge in [-0.25, -0.2) is 4.79 Å². The predicted molar refractivity (Wildman–Crippen MR) is 78.1 cm³/mol. The largest absolute Gasteiger partial charge is 0.389 e. The topological polar surface area (TPSA) is 52.6 Å². The van der Waals surface area contributed by atoms with E-state index in [1.807, 2.05) is 0 Å². The van der Waals surface area contributed by atoms with Crippen molar-refractivity contribution in [3.05, 3.63) is 0 Å². The standard InChI is InChI=1S/C15H30N2O2/c1-5-6-12-7-9-13(10-8-12)16-14(18)17(4)11-15(2,3)19/h12-13,19H,5-11H2,1-4H3,(H,16,18). The molecule has 0 heterocycles. The number of nitrogens with zero attached hydrogens (tertiary/aromatic N) is 1. The van der Waals surface area contributed by atoms with Crippen molar-refractivity contribution in [1.82, 2.24) is 10.2 Å². The molecule has 0 unspecified atom stereocenters. The van der Waals surface area contributed by atoms with Gasteiger partial charge in [-0.05, 0) is 45.4 Å². The minimum absolute atomic E-state index is 0.0685. The van der Waals surface area contributed by atoms with Gasteiger partial charge in [0.05, 0.1) is 12.1 Å². The highest BCUT2D eigenvalue weighted by atomic mass is 16.3. The summed E-state index contributed by atoms with van der Waals surface area (Å²) >= 11 is 0. The molecule has 1 aliphatic carbocycles. The Morgan fingerprint density at radius 3 is 2.37 bits per heavy atom. The Labute approximate surface area is 117 Å². The van der Waals surface area contributed by atoms with Crippen molar-refractivity contribution in [3.8, 4) is 0 Å². The Hall–Kier alpha value is -0.770. The summed E-state index contributed by atoms with van der Waals surface area (Å²) < 4.78 is 0. The molecule has 1 fully saturated rings. The lowest BCUT2D eigenvalue weighted by Gasteiger charge is -2.32. The summed E-state index contributed by atoms with van der Waals surface area (Å²) in [4.78, 5) is 13.6. The van der Waals surface area contributed by atoms with Crippen LogP contribution in [0.4, 0.5) is 4.79 Å². The zero-order valence-corrected chi connectivity index (χ0v) is 12.9. The van der Waals surface area contributed by atoms with Crippen molar-refractivity contribution >= 4 is 6.03 Å². The monoisotopic (exact) mass is 270 g/mol. The van der Waals surface area contributed by atoms with Crippen molar-refractivity contribution < 1.29 is 9.90 Å². The lowest BCUT2D eigenvalue weighted by molar-refractivity contribution is 0.0524. The number of rotatable bonds is 5. The van der Waals surface area contributed by atoms with E-state index in [9.17, 15) is 9.90 Å². The molecule has 0 saturated heterocycles. The maximum Gasteiger partial charge on any atom is 0.317 e. The first kappa shape index (κ1) is 16.3. The third-order valence-corrected chi connectivity index (χ3v) is 3.84. The van der Waals surface area contributed by atoms with E-state index < -0.39 is 5.60 Å². The number of hydrogen-bond acceptors (Lipinski definition) is 2. The second-order valence-corrected chi connectivity index (χ2v) is 6.62. The lowest BCUT2D eigenvalue weighted by atomic mass is 9.83. The normalized spacial score (nSPS) is 24.1. The smallest absolute Gasteiger partial charge is 0.317 e. The van der Waals surface area contributed by atoms with Crippen LogP contribution in [0.5, 0.6) is 0 Å². The van der Waals surface area contributed by atoms with Gasteiger partial charge in [0, 0.05) is 13.1 Å². The van der Waals surface area contributed by atoms with Crippen LogP contribution in [-0.2, 0) is 0 Å². The molecule has 0 atom stereocenters. The van der Waals surface area contributed by atoms with Gasteiger partial charge >= 0.3 is 6.03 Å². The molecule has 0 aromatic heterocycles. The van der Waals surface area contributed by atoms with Crippen LogP contribution in [0.1, 0.15) is 59.3 Å². The van der Waals surface area contributed by atoms with Crippen LogP contribution >= 0.6 is 0 Å². The van der Waals surface area contributed by atoms with Crippen LogP contribution < -0.4 is 5.32 Å². The molecule has 1 aliphatic rings. The molecule has 1 rings (SSSR count). The van der Waals surface area contributed by atoms with E-state index in [0.29, 0.717) is 12.6 Å². The number of urea groups is 1. The van der Waals surface area contributed by atoms with E-state index >= 15 is 0 Å². The summed E-state index contributed by atoms with van der Waals surface area (Å²) in [5, 5.41) is 12.8. The van der Waals surface area contributed by atoms with Crippen LogP contribution in [0.15, 0.2) is 0 Å². The van der Waals surface area contributed by atoms with Crippen LogP contribution in [-0.4, -0.2) is 41.3 Å². The lowest BCUT2D eigenvalue weighted by Crippen LogP contribution is -2.48. The third-order valence-electron chi connectivity index (χ3n) is 3.84. The van der Waals surface area contributed by atoms with Gasteiger partial charge < -0.3 is 15.3 Å². The molecule has 4 nitrogen and oxygen atoms in total. The van der Waals surface area contributed by atoms with Crippen molar-refractivity contribution in [3.63, 3.8) is 0 Å². The van der Waals surface area contributed by atoms with Gasteiger partial charge in [-0.15, -0.1) is 0 Å². The average Bonchev–Trinajstić information content (AvgIpc) is 2.29. The predicted octanol–water partition coefficient (Wildman–Crippen LogP) is 2.76. The Morgan fingerprint density at radius 2 is 1.89 bits per heavy atom. The summed E-state index contributed by atoms with van der Waals surface area (Å²) in [5.41, 5.74) is -0.842. The van der Waals surface area contributed by atoms with E-state index in [1.165, 1.54) is 25.7 Å². The second-order valence-electron chi connectivity index (χ2n) is 6.62. The Kier molecular flexibility index (Phi) is 6.11. The van der Waals surface area contributed by atoms with Crippen molar-refractivity contribution in [1.29, 1.82) is 0 Å². The van der Waals surface area contributed by atoms with Gasteiger partial charge in [-0.1, -0.05) is 19.8 Å². The first-order valence-electron chi connectivity index (χ1n) is 7.56. The number of hydrogen-bond donors (Lipinski definition) is 2. The Bertz CT molecular complexity index is 278. The highest BCUT2D eigenvalue weighted by Crippen LogP contribution is 2.27. The molecule has 112 valence electrons. The van der Waals surface area contributed by atoms with Gasteiger partial charge in [0.25, 0.3) is 0 Å². The van der Waals surface area contributed by atoms with Crippen molar-refractivity contribution in [2.24, 2.45) is 5.92 Å². The second kappa shape index (κ2) is 7.13. The molecular formula is C15H30N2O2. The Morgan fingerprint density at radius 1 is 1.32 bits per heavy atom. The molecule has 4 heteroatoms. The number of likely N-dealkylation sites (N-methyl/N-ethyl adjacent to an activating group) is 1. The molecule has 0 aliphatic heterocycles. The highest BCUT2D eigenvalue weighted by molar-refractivity contribution is 5.74. The molecule has 2 amide bonds. The third kappa shape index (κ3) is 6.28. The maximum absolute atomic E-state index is 12.0. The van der Waals surface area contributed by atoms with E-state index in [4.69, 9.17) is 0 Å². The molecule has 0 radical (unpaired) electrons. The summed E-state index contributed by atoms with van der Waals surface area (Å²) in [6, 6.07) is 0.242. The molecule has 1 saturated carbocycles. The summed E-state index contributed by atoms with van der Waals surface area (Å²) in [7, 11) is 1.73. The molecule has 0 bridgehead atoms. The molecule has 19 heavy (non-hydrogen) atoms. The fourth-order valence-corrected chi connectivity index (χ4v) is 2.94. The average molecular weight is 270 g/mol. The van der Waals surface area contributed by atoms with E-state index in [1.54, 1.807) is 25.8 Å². The summed E-state index contributed by atoms with van der Waals surface area (Å²) in [5.74, 6) is 0.854. The molecule has 0 aromatic rings. The quantitative estimate of drug-likeness (QED) is 0.807. The summed E-state index contributed by atoms with van der Waals surface area (Å²) in [6.45, 7) is 6.02. The van der Waals surface area contributed by atoms with Crippen LogP contribution in [0.3, 0.4) is 0 Å². The van der Waals surface area contributed by atoms with Gasteiger partial charge in [-0.3, -0.25) is 0 Å². The minimum atomic E-state index is -0.842. The molecule has 0 spiro atoms. The van der Waals surface area contributed by atoms with E-state index in [-0.39, 0.29) is 6.03 Å². The number of amides is 2. The fraction of sp³-hybridized carbons (Fsp3) is 0.933. The van der Waals surface area contributed by atoms with Crippen LogP contribution in [0, 0.1) is 5.92 Å². The highest BCUT2D eigenvalue weighted by Gasteiger charge is 2.24.